The second kappa shape index (κ2) is 6.91. The number of carbonyl (C=O) groups is 2. The fraction of sp³-hybridized carbons (Fsp3) is 0.333. The minimum Gasteiger partial charge on any atom is -0.494 e. The smallest absolute Gasteiger partial charge is 0.307 e. The van der Waals surface area contributed by atoms with E-state index in [2.05, 4.69) is 5.32 Å². The highest BCUT2D eigenvalue weighted by atomic mass is 16.6. The van der Waals surface area contributed by atoms with Crippen LogP contribution in [0.25, 0.3) is 0 Å². The van der Waals surface area contributed by atoms with Gasteiger partial charge in [-0.1, -0.05) is 12.2 Å². The van der Waals surface area contributed by atoms with Crippen LogP contribution >= 0.6 is 0 Å². The largest absolute Gasteiger partial charge is 0.494 e. The zero-order valence-electron chi connectivity index (χ0n) is 12.4. The molecule has 0 radical (unpaired) electrons. The zero-order valence-corrected chi connectivity index (χ0v) is 12.4. The van der Waals surface area contributed by atoms with Crippen LogP contribution in [0.2, 0.25) is 0 Å². The molecule has 0 spiro atoms. The number of amides is 1. The molecule has 1 aliphatic rings. The molecule has 1 aliphatic carbocycles. The highest BCUT2D eigenvalue weighted by molar-refractivity contribution is 5.96. The Morgan fingerprint density at radius 1 is 1.30 bits per heavy atom. The molecule has 0 saturated carbocycles. The first-order valence-corrected chi connectivity index (χ1v) is 6.95. The molecule has 0 heterocycles. The van der Waals surface area contributed by atoms with Gasteiger partial charge in [0.05, 0.1) is 35.6 Å². The number of hydrogen-bond acceptors (Lipinski definition) is 5. The van der Waals surface area contributed by atoms with Crippen molar-refractivity contribution in [2.45, 2.75) is 12.8 Å². The molecule has 2 unspecified atom stereocenters. The first-order valence-electron chi connectivity index (χ1n) is 6.95. The van der Waals surface area contributed by atoms with Gasteiger partial charge in [-0.2, -0.15) is 0 Å². The standard InChI is InChI=1S/C15H16N2O6/c1-23-13-8-9(17(21)22)6-7-12(13)16-14(18)10-4-2-3-5-11(10)15(19)20/h2-3,6-8,10-11H,4-5H2,1H3,(H,16,18)(H,19,20). The number of ether oxygens (including phenoxy) is 1. The Morgan fingerprint density at radius 2 is 1.96 bits per heavy atom. The lowest BCUT2D eigenvalue weighted by Crippen LogP contribution is -2.34. The van der Waals surface area contributed by atoms with E-state index in [1.807, 2.05) is 0 Å². The van der Waals surface area contributed by atoms with Gasteiger partial charge < -0.3 is 15.2 Å². The van der Waals surface area contributed by atoms with Crippen LogP contribution in [0, 0.1) is 22.0 Å². The first-order chi connectivity index (χ1) is 10.9. The normalized spacial score (nSPS) is 19.9. The molecule has 1 aromatic carbocycles. The van der Waals surface area contributed by atoms with Crippen LogP contribution in [-0.4, -0.2) is 29.0 Å². The molecule has 8 nitrogen and oxygen atoms in total. The van der Waals surface area contributed by atoms with Crippen molar-refractivity contribution in [2.75, 3.05) is 12.4 Å². The summed E-state index contributed by atoms with van der Waals surface area (Å²) in [6.07, 6.45) is 4.15. The van der Waals surface area contributed by atoms with Crippen molar-refractivity contribution in [2.24, 2.45) is 11.8 Å². The van der Waals surface area contributed by atoms with Crippen molar-refractivity contribution >= 4 is 23.3 Å². The highest BCUT2D eigenvalue weighted by Crippen LogP contribution is 2.32. The van der Waals surface area contributed by atoms with Crippen LogP contribution in [0.3, 0.4) is 0 Å². The van der Waals surface area contributed by atoms with Crippen molar-refractivity contribution in [3.05, 3.63) is 40.5 Å². The SMILES string of the molecule is COc1cc([N+](=O)[O-])ccc1NC(=O)C1CC=CCC1C(=O)O. The van der Waals surface area contributed by atoms with Gasteiger partial charge in [0, 0.05) is 6.07 Å². The van der Waals surface area contributed by atoms with E-state index in [1.54, 1.807) is 12.2 Å². The fourth-order valence-electron chi connectivity index (χ4n) is 2.50. The molecule has 1 aromatic rings. The summed E-state index contributed by atoms with van der Waals surface area (Å²) in [5, 5.41) is 22.6. The van der Waals surface area contributed by atoms with Gasteiger partial charge in [0.15, 0.2) is 0 Å². The minimum atomic E-state index is -1.02. The lowest BCUT2D eigenvalue weighted by Gasteiger charge is -2.24. The summed E-state index contributed by atoms with van der Waals surface area (Å²) in [5.41, 5.74) is 0.102. The number of nitrogens with zero attached hydrogens (tertiary/aromatic N) is 1. The number of nitro groups is 1. The molecule has 0 fully saturated rings. The maximum absolute atomic E-state index is 12.4. The van der Waals surface area contributed by atoms with Crippen molar-refractivity contribution in [3.63, 3.8) is 0 Å². The van der Waals surface area contributed by atoms with Crippen molar-refractivity contribution in [3.8, 4) is 5.75 Å². The molecule has 0 bridgehead atoms. The number of carbonyl (C=O) groups excluding carboxylic acids is 1. The van der Waals surface area contributed by atoms with E-state index in [4.69, 9.17) is 4.74 Å². The molecular formula is C15H16N2O6. The van der Waals surface area contributed by atoms with E-state index in [9.17, 15) is 24.8 Å². The quantitative estimate of drug-likeness (QED) is 0.488. The number of carboxylic acid groups (broad SMARTS) is 1. The molecule has 23 heavy (non-hydrogen) atoms. The number of nitro benzene ring substituents is 1. The predicted octanol–water partition coefficient (Wildman–Crippen LogP) is 2.21. The number of methoxy groups -OCH3 is 1. The molecule has 0 aliphatic heterocycles. The fourth-order valence-corrected chi connectivity index (χ4v) is 2.50. The van der Waals surface area contributed by atoms with Crippen LogP contribution in [0.5, 0.6) is 5.75 Å². The number of allylic oxidation sites excluding steroid dienone is 2. The van der Waals surface area contributed by atoms with Crippen molar-refractivity contribution < 1.29 is 24.4 Å². The molecule has 0 aromatic heterocycles. The van der Waals surface area contributed by atoms with Crippen LogP contribution in [0.15, 0.2) is 30.4 Å². The van der Waals surface area contributed by atoms with Gasteiger partial charge in [-0.3, -0.25) is 19.7 Å². The van der Waals surface area contributed by atoms with Crippen molar-refractivity contribution in [1.82, 2.24) is 0 Å². The summed E-state index contributed by atoms with van der Waals surface area (Å²) >= 11 is 0. The summed E-state index contributed by atoms with van der Waals surface area (Å²) in [7, 11) is 1.33. The number of nitrogens with one attached hydrogen (secondary N) is 1. The van der Waals surface area contributed by atoms with E-state index >= 15 is 0 Å². The number of carboxylic acids is 1. The summed E-state index contributed by atoms with van der Waals surface area (Å²) in [6.45, 7) is 0. The Kier molecular flexibility index (Phi) is 4.95. The maximum Gasteiger partial charge on any atom is 0.307 e. The van der Waals surface area contributed by atoms with Crippen LogP contribution < -0.4 is 10.1 Å². The number of anilines is 1. The zero-order chi connectivity index (χ0) is 17.0. The molecule has 122 valence electrons. The van der Waals surface area contributed by atoms with E-state index in [0.717, 1.165) is 0 Å². The second-order valence-corrected chi connectivity index (χ2v) is 5.12. The van der Waals surface area contributed by atoms with Gasteiger partial charge in [-0.05, 0) is 18.9 Å². The lowest BCUT2D eigenvalue weighted by molar-refractivity contribution is -0.384. The number of aliphatic carboxylic acids is 1. The molecule has 2 N–H and O–H groups in total. The minimum absolute atomic E-state index is 0.144. The van der Waals surface area contributed by atoms with Crippen LogP contribution in [-0.2, 0) is 9.59 Å². The van der Waals surface area contributed by atoms with Gasteiger partial charge in [0.2, 0.25) is 5.91 Å². The first kappa shape index (κ1) is 16.5. The monoisotopic (exact) mass is 320 g/mol. The third kappa shape index (κ3) is 3.65. The molecule has 8 heteroatoms. The predicted molar refractivity (Wildman–Crippen MR) is 81.3 cm³/mol. The number of rotatable bonds is 5. The average molecular weight is 320 g/mol. The number of benzene rings is 1. The van der Waals surface area contributed by atoms with Gasteiger partial charge in [0.25, 0.3) is 5.69 Å². The summed E-state index contributed by atoms with van der Waals surface area (Å²) in [5.74, 6) is -2.81. The van der Waals surface area contributed by atoms with Crippen LogP contribution in [0.4, 0.5) is 11.4 Å². The molecule has 0 saturated heterocycles. The third-order valence-electron chi connectivity index (χ3n) is 3.74. The lowest BCUT2D eigenvalue weighted by atomic mass is 9.82. The Balaban J connectivity index is 2.21. The van der Waals surface area contributed by atoms with Gasteiger partial charge >= 0.3 is 5.97 Å². The molecule has 2 rings (SSSR count). The van der Waals surface area contributed by atoms with E-state index in [-0.39, 0.29) is 17.1 Å². The summed E-state index contributed by atoms with van der Waals surface area (Å²) in [6, 6.07) is 3.81. The highest BCUT2D eigenvalue weighted by Gasteiger charge is 2.34. The van der Waals surface area contributed by atoms with E-state index in [1.165, 1.54) is 25.3 Å². The second-order valence-electron chi connectivity index (χ2n) is 5.12. The van der Waals surface area contributed by atoms with Gasteiger partial charge in [-0.25, -0.2) is 0 Å². The summed E-state index contributed by atoms with van der Waals surface area (Å²) in [4.78, 5) is 33.8. The maximum atomic E-state index is 12.4. The van der Waals surface area contributed by atoms with Crippen molar-refractivity contribution in [1.29, 1.82) is 0 Å². The van der Waals surface area contributed by atoms with Gasteiger partial charge in [-0.15, -0.1) is 0 Å². The third-order valence-corrected chi connectivity index (χ3v) is 3.74. The molecule has 2 atom stereocenters. The molecule has 1 amide bonds. The Hall–Kier alpha value is -2.90. The number of hydrogen-bond donors (Lipinski definition) is 2. The van der Waals surface area contributed by atoms with Gasteiger partial charge in [0.1, 0.15) is 5.75 Å². The van der Waals surface area contributed by atoms with E-state index < -0.39 is 28.6 Å². The summed E-state index contributed by atoms with van der Waals surface area (Å²) < 4.78 is 5.05. The van der Waals surface area contributed by atoms with E-state index in [0.29, 0.717) is 12.8 Å². The Morgan fingerprint density at radius 3 is 2.52 bits per heavy atom. The Bertz CT molecular complexity index is 670. The average Bonchev–Trinajstić information content (AvgIpc) is 2.54. The van der Waals surface area contributed by atoms with Crippen LogP contribution in [0.1, 0.15) is 12.8 Å². The topological polar surface area (TPSA) is 119 Å². The number of non-ortho nitro benzene ring substituents is 1. The Labute approximate surface area is 131 Å². The molecular weight excluding hydrogens is 304 g/mol.